The number of halogens is 2. The first kappa shape index (κ1) is 6.08. The Morgan fingerprint density at radius 3 is 1.83 bits per heavy atom. The van der Waals surface area contributed by atoms with Crippen molar-refractivity contribution in [3.63, 3.8) is 0 Å². The van der Waals surface area contributed by atoms with Crippen molar-refractivity contribution < 1.29 is 8.78 Å². The average molecular weight is 110 g/mol. The molecule has 0 rings (SSSR count). The molecule has 0 aliphatic heterocycles. The van der Waals surface area contributed by atoms with Gasteiger partial charge in [0, 0.05) is 0 Å². The van der Waals surface area contributed by atoms with Gasteiger partial charge in [-0.25, -0.2) is 0 Å². The van der Waals surface area contributed by atoms with E-state index in [2.05, 4.69) is 19.6 Å². The van der Waals surface area contributed by atoms with Gasteiger partial charge < -0.3 is 12.6 Å². The molecule has 0 amide bonds. The Balaban J connectivity index is 3.17. The van der Waals surface area contributed by atoms with Crippen LogP contribution in [0.1, 0.15) is 0 Å². The molecule has 0 spiro atoms. The molecule has 6 heavy (non-hydrogen) atoms. The molecule has 0 fully saturated rings. The Morgan fingerprint density at radius 2 is 1.83 bits per heavy atom. The monoisotopic (exact) mass is 110 g/mol. The van der Waals surface area contributed by atoms with Gasteiger partial charge in [0.2, 0.25) is 0 Å². The fourth-order valence-electron chi connectivity index (χ4n) is 0. The molecule has 0 atom stereocenters. The lowest BCUT2D eigenvalue weighted by Crippen LogP contribution is -2.13. The summed E-state index contributed by atoms with van der Waals surface area (Å²) in [7, 11) is 0. The maximum atomic E-state index is 11.2. The van der Waals surface area contributed by atoms with Crippen LogP contribution in [0.3, 0.4) is 0 Å². The zero-order valence-corrected chi connectivity index (χ0v) is 3.89. The summed E-state index contributed by atoms with van der Waals surface area (Å²) < 4.78 is 22.5. The van der Waals surface area contributed by atoms with Crippen LogP contribution < -0.4 is 0 Å². The van der Waals surface area contributed by atoms with Gasteiger partial charge in [0.25, 0.3) is 0 Å². The SMILES string of the molecule is [CH2+]C(F)(F)C[S-]. The van der Waals surface area contributed by atoms with Crippen LogP contribution in [0, 0.1) is 6.92 Å². The molecule has 0 unspecified atom stereocenters. The fraction of sp³-hybridized carbons (Fsp3) is 0.667. The highest BCUT2D eigenvalue weighted by atomic mass is 32.1. The van der Waals surface area contributed by atoms with Crippen LogP contribution in [0.25, 0.3) is 0 Å². The van der Waals surface area contributed by atoms with Crippen molar-refractivity contribution in [3.05, 3.63) is 6.92 Å². The maximum absolute atomic E-state index is 11.2. The first-order chi connectivity index (χ1) is 2.56. The van der Waals surface area contributed by atoms with E-state index in [9.17, 15) is 8.78 Å². The Kier molecular flexibility index (Phi) is 1.71. The minimum Gasteiger partial charge on any atom is -0.782 e. The van der Waals surface area contributed by atoms with Gasteiger partial charge in [0.1, 0.15) is 6.92 Å². The topological polar surface area (TPSA) is 0 Å². The molecule has 0 saturated heterocycles. The van der Waals surface area contributed by atoms with Crippen LogP contribution in [-0.2, 0) is 12.6 Å². The smallest absolute Gasteiger partial charge is 0.362 e. The van der Waals surface area contributed by atoms with E-state index in [1.807, 2.05) is 0 Å². The van der Waals surface area contributed by atoms with Crippen molar-refractivity contribution in [2.24, 2.45) is 0 Å². The largest absolute Gasteiger partial charge is 0.782 e. The molecule has 0 aliphatic carbocycles. The number of hydrogen-bond donors (Lipinski definition) is 0. The Labute approximate surface area is 41.0 Å². The number of alkyl halides is 2. The summed E-state index contributed by atoms with van der Waals surface area (Å²) in [6.45, 7) is 2.45. The third-order valence-electron chi connectivity index (χ3n) is 0.211. The van der Waals surface area contributed by atoms with E-state index in [1.54, 1.807) is 0 Å². The van der Waals surface area contributed by atoms with E-state index in [1.165, 1.54) is 0 Å². The van der Waals surface area contributed by atoms with Crippen molar-refractivity contribution in [1.82, 2.24) is 0 Å². The Bertz CT molecular complexity index is 38.5. The van der Waals surface area contributed by atoms with Crippen LogP contribution >= 0.6 is 0 Å². The van der Waals surface area contributed by atoms with Gasteiger partial charge >= 0.3 is 5.92 Å². The molecule has 0 aromatic rings. The fourth-order valence-corrected chi connectivity index (χ4v) is 0. The van der Waals surface area contributed by atoms with Crippen LogP contribution in [0.5, 0.6) is 0 Å². The van der Waals surface area contributed by atoms with E-state index in [4.69, 9.17) is 0 Å². The molecular weight excluding hydrogens is 106 g/mol. The molecule has 0 bridgehead atoms. The Morgan fingerprint density at radius 1 is 1.67 bits per heavy atom. The molecule has 0 heterocycles. The lowest BCUT2D eigenvalue weighted by molar-refractivity contribution is 0.0799. The lowest BCUT2D eigenvalue weighted by atomic mass is 10.5. The highest BCUT2D eigenvalue weighted by Gasteiger charge is 2.21. The Hall–Kier alpha value is 0.0800. The second-order valence-corrected chi connectivity index (χ2v) is 1.29. The third kappa shape index (κ3) is 4.08. The summed E-state index contributed by atoms with van der Waals surface area (Å²) in [5.41, 5.74) is 0. The highest BCUT2D eigenvalue weighted by Crippen LogP contribution is 2.07. The zero-order valence-electron chi connectivity index (χ0n) is 3.08. The lowest BCUT2D eigenvalue weighted by Gasteiger charge is -2.03. The van der Waals surface area contributed by atoms with Gasteiger partial charge in [-0.1, -0.05) is 5.75 Å². The van der Waals surface area contributed by atoms with Crippen molar-refractivity contribution in [1.29, 1.82) is 0 Å². The summed E-state index contributed by atoms with van der Waals surface area (Å²) in [5, 5.41) is 0. The van der Waals surface area contributed by atoms with Gasteiger partial charge in [-0.2, -0.15) is 8.78 Å². The first-order valence-electron chi connectivity index (χ1n) is 1.37. The molecule has 36 valence electrons. The van der Waals surface area contributed by atoms with Gasteiger partial charge in [0.05, 0.1) is 0 Å². The summed E-state index contributed by atoms with van der Waals surface area (Å²) >= 11 is 3.98. The van der Waals surface area contributed by atoms with Crippen LogP contribution in [0.15, 0.2) is 0 Å². The van der Waals surface area contributed by atoms with Crippen LogP contribution in [0.4, 0.5) is 8.78 Å². The molecule has 3 heteroatoms. The number of hydrogen-bond acceptors (Lipinski definition) is 1. The standard InChI is InChI=1S/C3H4F2S/c1-3(4,5)2-6/h1-2H2. The second kappa shape index (κ2) is 1.69. The second-order valence-electron chi connectivity index (χ2n) is 1.00. The van der Waals surface area contributed by atoms with Gasteiger partial charge in [-0.15, -0.1) is 0 Å². The van der Waals surface area contributed by atoms with Crippen molar-refractivity contribution in [2.45, 2.75) is 5.92 Å². The molecular formula is C3H4F2S. The maximum Gasteiger partial charge on any atom is 0.362 e. The summed E-state index contributed by atoms with van der Waals surface area (Å²) in [6.07, 6.45) is 0. The van der Waals surface area contributed by atoms with E-state index >= 15 is 0 Å². The molecule has 0 aromatic carbocycles. The van der Waals surface area contributed by atoms with E-state index in [0.717, 1.165) is 0 Å². The van der Waals surface area contributed by atoms with Crippen molar-refractivity contribution in [3.8, 4) is 0 Å². The third-order valence-corrected chi connectivity index (χ3v) is 0.634. The summed E-state index contributed by atoms with van der Waals surface area (Å²) in [5.74, 6) is -3.48. The van der Waals surface area contributed by atoms with E-state index < -0.39 is 11.7 Å². The first-order valence-corrected chi connectivity index (χ1v) is 1.95. The van der Waals surface area contributed by atoms with Crippen molar-refractivity contribution in [2.75, 3.05) is 5.75 Å². The predicted octanol–water partition coefficient (Wildman–Crippen LogP) is 1.00. The molecule has 0 radical (unpaired) electrons. The zero-order chi connectivity index (χ0) is 5.21. The normalized spacial score (nSPS) is 11.8. The molecule has 0 N–H and O–H groups in total. The van der Waals surface area contributed by atoms with Gasteiger partial charge in [0.15, 0.2) is 0 Å². The summed E-state index contributed by atoms with van der Waals surface area (Å²) in [6, 6.07) is 0. The minimum atomic E-state index is -2.89. The van der Waals surface area contributed by atoms with Crippen LogP contribution in [0.2, 0.25) is 0 Å². The average Bonchev–Trinajstić information content (AvgIpc) is 1.35. The quantitative estimate of drug-likeness (QED) is 0.358. The molecule has 0 saturated carbocycles. The van der Waals surface area contributed by atoms with E-state index in [-0.39, 0.29) is 0 Å². The molecule has 0 aromatic heterocycles. The molecule has 0 aliphatic rings. The van der Waals surface area contributed by atoms with Crippen molar-refractivity contribution >= 4 is 12.6 Å². The van der Waals surface area contributed by atoms with Gasteiger partial charge in [-0.05, 0) is 0 Å². The predicted molar refractivity (Wildman–Crippen MR) is 22.5 cm³/mol. The highest BCUT2D eigenvalue weighted by molar-refractivity contribution is 7.58. The summed E-state index contributed by atoms with van der Waals surface area (Å²) in [4.78, 5) is 0. The number of rotatable bonds is 1. The minimum absolute atomic E-state index is 0.590. The molecule has 0 nitrogen and oxygen atoms in total. The van der Waals surface area contributed by atoms with E-state index in [0.29, 0.717) is 0 Å². The van der Waals surface area contributed by atoms with Crippen LogP contribution in [-0.4, -0.2) is 11.7 Å². The van der Waals surface area contributed by atoms with Gasteiger partial charge in [-0.3, -0.25) is 0 Å².